The molecule has 3 aromatic carbocycles. The molecule has 4 rings (SSSR count). The Morgan fingerprint density at radius 3 is 1.91 bits per heavy atom. The molecule has 0 saturated carbocycles. The van der Waals surface area contributed by atoms with E-state index in [9.17, 15) is 9.59 Å². The van der Waals surface area contributed by atoms with Gasteiger partial charge in [-0.2, -0.15) is 0 Å². The van der Waals surface area contributed by atoms with Gasteiger partial charge in [0.15, 0.2) is 5.78 Å². The Kier molecular flexibility index (Phi) is 7.53. The minimum Gasteiger partial charge on any atom is -0.497 e. The maximum atomic E-state index is 12.9. The highest BCUT2D eigenvalue weighted by atomic mass is 16.5. The number of ketones is 1. The highest BCUT2D eigenvalue weighted by molar-refractivity contribution is 5.98. The fraction of sp³-hybridized carbons (Fsp3) is 0.286. The van der Waals surface area contributed by atoms with Crippen molar-refractivity contribution in [3.05, 3.63) is 102 Å². The summed E-state index contributed by atoms with van der Waals surface area (Å²) in [4.78, 5) is 27.5. The van der Waals surface area contributed by atoms with Crippen LogP contribution < -0.4 is 4.74 Å². The first-order valence-electron chi connectivity index (χ1n) is 11.3. The van der Waals surface area contributed by atoms with E-state index < -0.39 is 0 Å². The number of methoxy groups -OCH3 is 1. The largest absolute Gasteiger partial charge is 0.497 e. The molecule has 1 amide bonds. The topological polar surface area (TPSA) is 55.8 Å². The molecule has 0 aromatic heterocycles. The number of carbonyl (C=O) groups is 2. The summed E-state index contributed by atoms with van der Waals surface area (Å²) in [7, 11) is 1.61. The lowest BCUT2D eigenvalue weighted by Gasteiger charge is -2.32. The van der Waals surface area contributed by atoms with Gasteiger partial charge in [0.1, 0.15) is 18.5 Å². The molecule has 0 aliphatic carbocycles. The van der Waals surface area contributed by atoms with Crippen molar-refractivity contribution in [2.45, 2.75) is 18.9 Å². The van der Waals surface area contributed by atoms with Crippen molar-refractivity contribution in [2.75, 3.05) is 26.8 Å². The van der Waals surface area contributed by atoms with Crippen LogP contribution in [0.5, 0.6) is 5.75 Å². The number of Topliss-reactive ketones (excluding diaryl/α,β-unsaturated/α-hetero) is 1. The Labute approximate surface area is 194 Å². The van der Waals surface area contributed by atoms with Crippen molar-refractivity contribution in [1.82, 2.24) is 4.90 Å². The third-order valence-corrected chi connectivity index (χ3v) is 6.17. The second-order valence-corrected chi connectivity index (χ2v) is 8.26. The molecule has 1 aliphatic rings. The summed E-state index contributed by atoms with van der Waals surface area (Å²) in [6.45, 7) is 1.14. The number of likely N-dealkylation sites (tertiary alicyclic amines) is 1. The van der Waals surface area contributed by atoms with E-state index in [1.165, 1.54) is 0 Å². The van der Waals surface area contributed by atoms with Gasteiger partial charge in [-0.15, -0.1) is 0 Å². The van der Waals surface area contributed by atoms with Crippen LogP contribution in [0.2, 0.25) is 0 Å². The number of hydrogen-bond acceptors (Lipinski definition) is 4. The average molecular weight is 444 g/mol. The number of rotatable bonds is 8. The summed E-state index contributed by atoms with van der Waals surface area (Å²) in [5.41, 5.74) is 2.72. The Hall–Kier alpha value is -3.44. The van der Waals surface area contributed by atoms with Crippen molar-refractivity contribution >= 4 is 11.7 Å². The second kappa shape index (κ2) is 10.9. The van der Waals surface area contributed by atoms with Crippen LogP contribution in [0.25, 0.3) is 0 Å². The second-order valence-electron chi connectivity index (χ2n) is 8.26. The molecule has 0 spiro atoms. The summed E-state index contributed by atoms with van der Waals surface area (Å²) < 4.78 is 11.3. The van der Waals surface area contributed by atoms with Crippen LogP contribution in [-0.4, -0.2) is 43.4 Å². The molecule has 0 N–H and O–H groups in total. The Morgan fingerprint density at radius 1 is 0.848 bits per heavy atom. The van der Waals surface area contributed by atoms with E-state index >= 15 is 0 Å². The molecule has 0 bridgehead atoms. The lowest BCUT2D eigenvalue weighted by atomic mass is 9.89. The third kappa shape index (κ3) is 5.68. The molecule has 5 nitrogen and oxygen atoms in total. The Bertz CT molecular complexity index is 1000. The SMILES string of the molecule is COc1ccc(C(=O)C2CCN(C(=O)COC(c3ccccc3)c3ccccc3)CC2)cc1. The Morgan fingerprint density at radius 2 is 1.39 bits per heavy atom. The lowest BCUT2D eigenvalue weighted by molar-refractivity contribution is -0.138. The zero-order valence-electron chi connectivity index (χ0n) is 18.9. The smallest absolute Gasteiger partial charge is 0.248 e. The van der Waals surface area contributed by atoms with Gasteiger partial charge in [0.2, 0.25) is 5.91 Å². The lowest BCUT2D eigenvalue weighted by Crippen LogP contribution is -2.42. The molecule has 1 heterocycles. The van der Waals surface area contributed by atoms with Crippen molar-refractivity contribution in [3.63, 3.8) is 0 Å². The number of nitrogens with zero attached hydrogens (tertiary/aromatic N) is 1. The number of hydrogen-bond donors (Lipinski definition) is 0. The fourth-order valence-electron chi connectivity index (χ4n) is 4.27. The maximum Gasteiger partial charge on any atom is 0.248 e. The molecule has 0 radical (unpaired) electrons. The third-order valence-electron chi connectivity index (χ3n) is 6.17. The number of piperidine rings is 1. The van der Waals surface area contributed by atoms with E-state index in [0.717, 1.165) is 16.9 Å². The van der Waals surface area contributed by atoms with Crippen molar-refractivity contribution in [2.24, 2.45) is 5.92 Å². The summed E-state index contributed by atoms with van der Waals surface area (Å²) in [5, 5.41) is 0. The quantitative estimate of drug-likeness (QED) is 0.464. The molecule has 1 saturated heterocycles. The summed E-state index contributed by atoms with van der Waals surface area (Å²) in [6, 6.07) is 27.1. The van der Waals surface area contributed by atoms with Gasteiger partial charge < -0.3 is 14.4 Å². The zero-order valence-corrected chi connectivity index (χ0v) is 18.9. The average Bonchev–Trinajstić information content (AvgIpc) is 2.89. The molecule has 1 aliphatic heterocycles. The van der Waals surface area contributed by atoms with E-state index in [1.807, 2.05) is 65.6 Å². The minimum atomic E-state index is -0.300. The maximum absolute atomic E-state index is 12.9. The minimum absolute atomic E-state index is 0.00550. The predicted octanol–water partition coefficient (Wildman–Crippen LogP) is 4.92. The van der Waals surface area contributed by atoms with Crippen LogP contribution in [-0.2, 0) is 9.53 Å². The number of ether oxygens (including phenoxy) is 2. The van der Waals surface area contributed by atoms with E-state index in [0.29, 0.717) is 31.5 Å². The monoisotopic (exact) mass is 443 g/mol. The molecule has 0 unspecified atom stereocenters. The van der Waals surface area contributed by atoms with Crippen LogP contribution in [0.15, 0.2) is 84.9 Å². The highest BCUT2D eigenvalue weighted by Gasteiger charge is 2.28. The first kappa shape index (κ1) is 22.7. The van der Waals surface area contributed by atoms with Gasteiger partial charge >= 0.3 is 0 Å². The van der Waals surface area contributed by atoms with Gasteiger partial charge in [-0.25, -0.2) is 0 Å². The van der Waals surface area contributed by atoms with Crippen LogP contribution in [0.4, 0.5) is 0 Å². The standard InChI is InChI=1S/C28H29NO4/c1-32-25-14-12-21(13-15-25)27(31)22-16-18-29(19-17-22)26(30)20-33-28(23-8-4-2-5-9-23)24-10-6-3-7-11-24/h2-15,22,28H,16-20H2,1H3. The van der Waals surface area contributed by atoms with E-state index in [2.05, 4.69) is 0 Å². The van der Waals surface area contributed by atoms with Crippen molar-refractivity contribution in [1.29, 1.82) is 0 Å². The van der Waals surface area contributed by atoms with Crippen LogP contribution >= 0.6 is 0 Å². The number of amides is 1. The normalized spacial score (nSPS) is 14.3. The fourth-order valence-corrected chi connectivity index (χ4v) is 4.27. The van der Waals surface area contributed by atoms with Crippen LogP contribution in [0, 0.1) is 5.92 Å². The van der Waals surface area contributed by atoms with Gasteiger partial charge in [-0.1, -0.05) is 60.7 Å². The summed E-state index contributed by atoms with van der Waals surface area (Å²) in [5.74, 6) is 0.762. The highest BCUT2D eigenvalue weighted by Crippen LogP contribution is 2.27. The van der Waals surface area contributed by atoms with Gasteiger partial charge in [-0.05, 0) is 48.2 Å². The van der Waals surface area contributed by atoms with Crippen molar-refractivity contribution < 1.29 is 19.1 Å². The first-order valence-corrected chi connectivity index (χ1v) is 11.3. The summed E-state index contributed by atoms with van der Waals surface area (Å²) in [6.07, 6.45) is 1.03. The molecule has 1 fully saturated rings. The van der Waals surface area contributed by atoms with Gasteiger partial charge in [-0.3, -0.25) is 9.59 Å². The molecule has 0 atom stereocenters. The molecular formula is C28H29NO4. The number of benzene rings is 3. The van der Waals surface area contributed by atoms with Crippen LogP contribution in [0.1, 0.15) is 40.4 Å². The zero-order chi connectivity index (χ0) is 23.0. The van der Waals surface area contributed by atoms with E-state index in [4.69, 9.17) is 9.47 Å². The predicted molar refractivity (Wildman–Crippen MR) is 127 cm³/mol. The van der Waals surface area contributed by atoms with Crippen molar-refractivity contribution in [3.8, 4) is 5.75 Å². The Balaban J connectivity index is 1.33. The van der Waals surface area contributed by atoms with Crippen LogP contribution in [0.3, 0.4) is 0 Å². The molecule has 33 heavy (non-hydrogen) atoms. The molecule has 5 heteroatoms. The molecule has 3 aromatic rings. The molecule has 170 valence electrons. The first-order chi connectivity index (χ1) is 16.2. The van der Waals surface area contributed by atoms with Gasteiger partial charge in [0, 0.05) is 24.6 Å². The van der Waals surface area contributed by atoms with E-state index in [-0.39, 0.29) is 30.3 Å². The molecular weight excluding hydrogens is 414 g/mol. The van der Waals surface area contributed by atoms with E-state index in [1.54, 1.807) is 31.4 Å². The van der Waals surface area contributed by atoms with Gasteiger partial charge in [0.25, 0.3) is 0 Å². The summed E-state index contributed by atoms with van der Waals surface area (Å²) >= 11 is 0. The van der Waals surface area contributed by atoms with Gasteiger partial charge in [0.05, 0.1) is 7.11 Å². The number of carbonyl (C=O) groups excluding carboxylic acids is 2.